The van der Waals surface area contributed by atoms with Crippen molar-refractivity contribution in [1.82, 2.24) is 5.43 Å². The first-order valence-electron chi connectivity index (χ1n) is 3.34. The maximum atomic E-state index is 8.44. The Hall–Kier alpha value is -1.04. The van der Waals surface area contributed by atoms with E-state index in [9.17, 15) is 0 Å². The molecule has 1 N–H and O–H groups in total. The molecule has 0 saturated carbocycles. The summed E-state index contributed by atoms with van der Waals surface area (Å²) in [4.78, 5) is 0. The second-order valence-electron chi connectivity index (χ2n) is 3.03. The van der Waals surface area contributed by atoms with Crippen LogP contribution in [0, 0.1) is 11.3 Å². The molecule has 1 aliphatic heterocycles. The van der Waals surface area contributed by atoms with Gasteiger partial charge in [-0.2, -0.15) is 10.4 Å². The van der Waals surface area contributed by atoms with E-state index in [0.717, 1.165) is 12.1 Å². The maximum absolute atomic E-state index is 8.44. The highest BCUT2D eigenvalue weighted by Crippen LogP contribution is 2.19. The Morgan fingerprint density at radius 3 is 3.00 bits per heavy atom. The van der Waals surface area contributed by atoms with Crippen LogP contribution in [0.5, 0.6) is 0 Å². The zero-order chi connectivity index (χ0) is 7.61. The number of rotatable bonds is 1. The van der Waals surface area contributed by atoms with E-state index in [1.54, 1.807) is 0 Å². The zero-order valence-electron chi connectivity index (χ0n) is 6.31. The lowest BCUT2D eigenvalue weighted by Gasteiger charge is -2.18. The maximum Gasteiger partial charge on any atom is 0.0702 e. The van der Waals surface area contributed by atoms with E-state index in [1.165, 1.54) is 0 Å². The van der Waals surface area contributed by atoms with Crippen molar-refractivity contribution in [2.24, 2.45) is 5.10 Å². The Morgan fingerprint density at radius 1 is 1.90 bits per heavy atom. The van der Waals surface area contributed by atoms with Crippen LogP contribution >= 0.6 is 0 Å². The molecule has 1 atom stereocenters. The van der Waals surface area contributed by atoms with Gasteiger partial charge in [-0.1, -0.05) is 0 Å². The van der Waals surface area contributed by atoms with Crippen molar-refractivity contribution in [3.8, 4) is 6.07 Å². The third kappa shape index (κ3) is 1.27. The Labute approximate surface area is 60.7 Å². The monoisotopic (exact) mass is 137 g/mol. The van der Waals surface area contributed by atoms with E-state index in [2.05, 4.69) is 16.6 Å². The van der Waals surface area contributed by atoms with Gasteiger partial charge >= 0.3 is 0 Å². The summed E-state index contributed by atoms with van der Waals surface area (Å²) in [6, 6.07) is 2.13. The second kappa shape index (κ2) is 2.30. The van der Waals surface area contributed by atoms with Crippen molar-refractivity contribution in [2.45, 2.75) is 32.2 Å². The van der Waals surface area contributed by atoms with Crippen molar-refractivity contribution < 1.29 is 0 Å². The summed E-state index contributed by atoms with van der Waals surface area (Å²) in [6.45, 7) is 3.98. The first-order chi connectivity index (χ1) is 4.66. The van der Waals surface area contributed by atoms with E-state index < -0.39 is 0 Å². The Bertz CT molecular complexity index is 201. The fourth-order valence-electron chi connectivity index (χ4n) is 1.15. The summed E-state index contributed by atoms with van der Waals surface area (Å²) in [6.07, 6.45) is 1.41. The van der Waals surface area contributed by atoms with Crippen LogP contribution in [0.1, 0.15) is 26.7 Å². The average molecular weight is 137 g/mol. The SMILES string of the molecule is CC1=NNC(C)(CC#N)C1. The van der Waals surface area contributed by atoms with Gasteiger partial charge in [-0.3, -0.25) is 0 Å². The average Bonchev–Trinajstić information content (AvgIpc) is 2.12. The van der Waals surface area contributed by atoms with E-state index in [4.69, 9.17) is 5.26 Å². The van der Waals surface area contributed by atoms with Crippen LogP contribution in [0.4, 0.5) is 0 Å². The van der Waals surface area contributed by atoms with E-state index >= 15 is 0 Å². The van der Waals surface area contributed by atoms with E-state index in [0.29, 0.717) is 6.42 Å². The standard InChI is InChI=1S/C7H11N3/c1-6-5-7(2,3-4-8)10-9-6/h10H,3,5H2,1-2H3. The molecule has 1 unspecified atom stereocenters. The molecule has 1 aliphatic rings. The van der Waals surface area contributed by atoms with Crippen molar-refractivity contribution in [2.75, 3.05) is 0 Å². The smallest absolute Gasteiger partial charge is 0.0702 e. The molecule has 3 nitrogen and oxygen atoms in total. The molecule has 1 heterocycles. The number of nitrogens with zero attached hydrogens (tertiary/aromatic N) is 2. The number of nitrogens with one attached hydrogen (secondary N) is 1. The lowest BCUT2D eigenvalue weighted by atomic mass is 9.95. The van der Waals surface area contributed by atoms with E-state index in [-0.39, 0.29) is 5.54 Å². The summed E-state index contributed by atoms with van der Waals surface area (Å²) in [5, 5.41) is 12.5. The first-order valence-corrected chi connectivity index (χ1v) is 3.34. The largest absolute Gasteiger partial charge is 0.303 e. The van der Waals surface area contributed by atoms with Crippen LogP contribution in [0.15, 0.2) is 5.10 Å². The molecule has 0 amide bonds. The predicted octanol–water partition coefficient (Wildman–Crippen LogP) is 1.03. The topological polar surface area (TPSA) is 48.2 Å². The predicted molar refractivity (Wildman–Crippen MR) is 39.5 cm³/mol. The molecule has 0 aromatic heterocycles. The van der Waals surface area contributed by atoms with Gasteiger partial charge in [0.1, 0.15) is 0 Å². The minimum atomic E-state index is -0.0984. The fraction of sp³-hybridized carbons (Fsp3) is 0.714. The van der Waals surface area contributed by atoms with Gasteiger partial charge in [0.2, 0.25) is 0 Å². The Morgan fingerprint density at radius 2 is 2.60 bits per heavy atom. The summed E-state index contributed by atoms with van der Waals surface area (Å²) < 4.78 is 0. The van der Waals surface area contributed by atoms with Crippen molar-refractivity contribution in [3.05, 3.63) is 0 Å². The van der Waals surface area contributed by atoms with Crippen molar-refractivity contribution in [1.29, 1.82) is 5.26 Å². The van der Waals surface area contributed by atoms with Gasteiger partial charge in [0.15, 0.2) is 0 Å². The zero-order valence-corrected chi connectivity index (χ0v) is 6.31. The normalized spacial score (nSPS) is 30.7. The third-order valence-electron chi connectivity index (χ3n) is 1.63. The highest BCUT2D eigenvalue weighted by Gasteiger charge is 2.28. The van der Waals surface area contributed by atoms with Gasteiger partial charge in [0.05, 0.1) is 18.0 Å². The molecule has 0 saturated heterocycles. The van der Waals surface area contributed by atoms with Crippen LogP contribution in [-0.4, -0.2) is 11.3 Å². The molecule has 1 rings (SSSR count). The van der Waals surface area contributed by atoms with Gasteiger partial charge in [-0.05, 0) is 13.8 Å². The van der Waals surface area contributed by atoms with Crippen LogP contribution in [-0.2, 0) is 0 Å². The Kier molecular flexibility index (Phi) is 1.62. The molecular weight excluding hydrogens is 126 g/mol. The van der Waals surface area contributed by atoms with Gasteiger partial charge in [0.25, 0.3) is 0 Å². The lowest BCUT2D eigenvalue weighted by molar-refractivity contribution is 0.413. The van der Waals surface area contributed by atoms with Gasteiger partial charge < -0.3 is 5.43 Å². The highest BCUT2D eigenvalue weighted by atomic mass is 15.4. The lowest BCUT2D eigenvalue weighted by Crippen LogP contribution is -2.34. The summed E-state index contributed by atoms with van der Waals surface area (Å²) in [5.74, 6) is 0. The number of hydrazone groups is 1. The molecule has 0 aromatic rings. The van der Waals surface area contributed by atoms with Crippen LogP contribution in [0.3, 0.4) is 0 Å². The minimum Gasteiger partial charge on any atom is -0.303 e. The quantitative estimate of drug-likeness (QED) is 0.586. The van der Waals surface area contributed by atoms with Gasteiger partial charge in [-0.25, -0.2) is 0 Å². The van der Waals surface area contributed by atoms with Crippen molar-refractivity contribution >= 4 is 5.71 Å². The third-order valence-corrected chi connectivity index (χ3v) is 1.63. The summed E-state index contributed by atoms with van der Waals surface area (Å²) >= 11 is 0. The Balaban J connectivity index is 2.54. The van der Waals surface area contributed by atoms with Gasteiger partial charge in [-0.15, -0.1) is 0 Å². The first kappa shape index (κ1) is 7.07. The molecule has 10 heavy (non-hydrogen) atoms. The van der Waals surface area contributed by atoms with Gasteiger partial charge in [0, 0.05) is 12.1 Å². The summed E-state index contributed by atoms with van der Waals surface area (Å²) in [5.41, 5.74) is 3.93. The molecular formula is C7H11N3. The minimum absolute atomic E-state index is 0.0984. The molecule has 54 valence electrons. The van der Waals surface area contributed by atoms with Crippen LogP contribution < -0.4 is 5.43 Å². The van der Waals surface area contributed by atoms with Crippen LogP contribution in [0.2, 0.25) is 0 Å². The number of hydrogen-bond acceptors (Lipinski definition) is 3. The van der Waals surface area contributed by atoms with Crippen LogP contribution in [0.25, 0.3) is 0 Å². The molecule has 0 bridgehead atoms. The molecule has 3 heteroatoms. The fourth-order valence-corrected chi connectivity index (χ4v) is 1.15. The molecule has 0 fully saturated rings. The number of hydrogen-bond donors (Lipinski definition) is 1. The molecule has 0 aliphatic carbocycles. The van der Waals surface area contributed by atoms with E-state index in [1.807, 2.05) is 13.8 Å². The second-order valence-corrected chi connectivity index (χ2v) is 3.03. The molecule has 0 aromatic carbocycles. The molecule has 0 spiro atoms. The van der Waals surface area contributed by atoms with Crippen molar-refractivity contribution in [3.63, 3.8) is 0 Å². The summed E-state index contributed by atoms with van der Waals surface area (Å²) in [7, 11) is 0. The molecule has 0 radical (unpaired) electrons. The number of nitriles is 1. The highest BCUT2D eigenvalue weighted by molar-refractivity contribution is 5.84.